The number of ether oxygens (including phenoxy) is 2. The largest absolute Gasteiger partial charge is 0.465 e. The minimum Gasteiger partial charge on any atom is -0.465 e. The fourth-order valence-corrected chi connectivity index (χ4v) is 3.64. The van der Waals surface area contributed by atoms with Crippen molar-refractivity contribution in [2.24, 2.45) is 0 Å². The SMILES string of the molecule is CCOC1CN(c2c(F)cc(N3C[C@@H](CN(C(=O)O)C(C)(C)C)OC3=O)cc2F)C1. The topological polar surface area (TPSA) is 82.6 Å². The van der Waals surface area contributed by atoms with E-state index in [-0.39, 0.29) is 30.6 Å². The van der Waals surface area contributed by atoms with Crippen molar-refractivity contribution in [3.8, 4) is 0 Å². The Hall–Kier alpha value is -2.62. The molecule has 10 heteroatoms. The molecule has 3 rings (SSSR count). The van der Waals surface area contributed by atoms with Gasteiger partial charge in [-0.3, -0.25) is 9.80 Å². The number of amides is 2. The summed E-state index contributed by atoms with van der Waals surface area (Å²) in [7, 11) is 0. The molecule has 1 atom stereocenters. The van der Waals surface area contributed by atoms with Gasteiger partial charge in [0.05, 0.1) is 24.9 Å². The average molecular weight is 427 g/mol. The molecule has 1 aromatic carbocycles. The summed E-state index contributed by atoms with van der Waals surface area (Å²) in [4.78, 5) is 27.6. The molecule has 2 amide bonds. The van der Waals surface area contributed by atoms with Crippen LogP contribution < -0.4 is 9.80 Å². The molecular weight excluding hydrogens is 400 g/mol. The fourth-order valence-electron chi connectivity index (χ4n) is 3.64. The van der Waals surface area contributed by atoms with Crippen LogP contribution in [0.25, 0.3) is 0 Å². The van der Waals surface area contributed by atoms with Crippen LogP contribution in [0.15, 0.2) is 12.1 Å². The summed E-state index contributed by atoms with van der Waals surface area (Å²) in [5, 5.41) is 9.41. The number of hydrogen-bond acceptors (Lipinski definition) is 5. The minimum absolute atomic E-state index is 0.00690. The number of halogens is 2. The van der Waals surface area contributed by atoms with Crippen molar-refractivity contribution in [1.82, 2.24) is 4.90 Å². The lowest BCUT2D eigenvalue weighted by Crippen LogP contribution is -2.53. The highest BCUT2D eigenvalue weighted by molar-refractivity contribution is 5.90. The van der Waals surface area contributed by atoms with E-state index in [1.807, 2.05) is 6.92 Å². The van der Waals surface area contributed by atoms with Crippen LogP contribution in [0.1, 0.15) is 27.7 Å². The van der Waals surface area contributed by atoms with Crippen LogP contribution in [0.4, 0.5) is 29.7 Å². The molecule has 2 heterocycles. The Morgan fingerprint density at radius 2 is 1.87 bits per heavy atom. The first kappa shape index (κ1) is 22.1. The molecule has 166 valence electrons. The summed E-state index contributed by atoms with van der Waals surface area (Å²) < 4.78 is 40.0. The predicted molar refractivity (Wildman–Crippen MR) is 106 cm³/mol. The smallest absolute Gasteiger partial charge is 0.414 e. The molecule has 2 fully saturated rings. The van der Waals surface area contributed by atoms with Crippen molar-refractivity contribution >= 4 is 23.6 Å². The van der Waals surface area contributed by atoms with Gasteiger partial charge in [0.25, 0.3) is 0 Å². The Labute approximate surface area is 173 Å². The molecule has 1 N–H and O–H groups in total. The molecule has 0 radical (unpaired) electrons. The molecule has 2 aliphatic rings. The monoisotopic (exact) mass is 427 g/mol. The molecule has 0 aromatic heterocycles. The first-order valence-corrected chi connectivity index (χ1v) is 9.85. The highest BCUT2D eigenvalue weighted by Gasteiger charge is 2.38. The van der Waals surface area contributed by atoms with E-state index in [1.54, 1.807) is 25.7 Å². The zero-order valence-corrected chi connectivity index (χ0v) is 17.5. The van der Waals surface area contributed by atoms with E-state index in [2.05, 4.69) is 0 Å². The van der Waals surface area contributed by atoms with Crippen molar-refractivity contribution in [2.45, 2.75) is 45.4 Å². The Morgan fingerprint density at radius 1 is 1.27 bits per heavy atom. The van der Waals surface area contributed by atoms with Gasteiger partial charge in [-0.25, -0.2) is 18.4 Å². The summed E-state index contributed by atoms with van der Waals surface area (Å²) in [6, 6.07) is 2.18. The van der Waals surface area contributed by atoms with Crippen LogP contribution in [-0.4, -0.2) is 72.7 Å². The van der Waals surface area contributed by atoms with Gasteiger partial charge in [0.15, 0.2) is 11.6 Å². The molecule has 30 heavy (non-hydrogen) atoms. The van der Waals surface area contributed by atoms with Crippen LogP contribution in [0.2, 0.25) is 0 Å². The zero-order valence-electron chi connectivity index (χ0n) is 17.5. The maximum atomic E-state index is 14.7. The molecule has 0 saturated carbocycles. The van der Waals surface area contributed by atoms with Crippen molar-refractivity contribution in [1.29, 1.82) is 0 Å². The summed E-state index contributed by atoms with van der Waals surface area (Å²) in [6.45, 7) is 8.32. The molecule has 2 saturated heterocycles. The van der Waals surface area contributed by atoms with E-state index in [0.29, 0.717) is 19.7 Å². The number of nitrogens with zero attached hydrogens (tertiary/aromatic N) is 3. The van der Waals surface area contributed by atoms with Gasteiger partial charge in [-0.2, -0.15) is 0 Å². The second kappa shape index (κ2) is 8.25. The third-order valence-corrected chi connectivity index (χ3v) is 5.18. The first-order valence-electron chi connectivity index (χ1n) is 9.85. The van der Waals surface area contributed by atoms with E-state index in [1.165, 1.54) is 0 Å². The quantitative estimate of drug-likeness (QED) is 0.750. The van der Waals surface area contributed by atoms with Crippen LogP contribution in [0.3, 0.4) is 0 Å². The molecule has 0 unspecified atom stereocenters. The molecule has 0 spiro atoms. The highest BCUT2D eigenvalue weighted by Crippen LogP contribution is 2.33. The van der Waals surface area contributed by atoms with Gasteiger partial charge < -0.3 is 19.5 Å². The Kier molecular flexibility index (Phi) is 6.07. The third kappa shape index (κ3) is 4.43. The maximum Gasteiger partial charge on any atom is 0.414 e. The van der Waals surface area contributed by atoms with E-state index < -0.39 is 35.5 Å². The average Bonchev–Trinajstić information content (AvgIpc) is 2.96. The molecule has 0 bridgehead atoms. The van der Waals surface area contributed by atoms with Gasteiger partial charge in [-0.1, -0.05) is 0 Å². The fraction of sp³-hybridized carbons (Fsp3) is 0.600. The van der Waals surface area contributed by atoms with Gasteiger partial charge in [-0.05, 0) is 27.7 Å². The van der Waals surface area contributed by atoms with Crippen LogP contribution >= 0.6 is 0 Å². The van der Waals surface area contributed by atoms with E-state index in [0.717, 1.165) is 21.9 Å². The van der Waals surface area contributed by atoms with E-state index >= 15 is 0 Å². The molecule has 0 aliphatic carbocycles. The van der Waals surface area contributed by atoms with E-state index in [4.69, 9.17) is 9.47 Å². The predicted octanol–water partition coefficient (Wildman–Crippen LogP) is 3.29. The number of carboxylic acid groups (broad SMARTS) is 1. The lowest BCUT2D eigenvalue weighted by Gasteiger charge is -2.40. The third-order valence-electron chi connectivity index (χ3n) is 5.18. The lowest BCUT2D eigenvalue weighted by molar-refractivity contribution is 0.0425. The number of hydrogen-bond donors (Lipinski definition) is 1. The summed E-state index contributed by atoms with van der Waals surface area (Å²) in [5.74, 6) is -1.56. The van der Waals surface area contributed by atoms with Crippen LogP contribution in [0.5, 0.6) is 0 Å². The summed E-state index contributed by atoms with van der Waals surface area (Å²) in [6.07, 6.45) is -2.71. The van der Waals surface area contributed by atoms with Crippen molar-refractivity contribution in [3.63, 3.8) is 0 Å². The van der Waals surface area contributed by atoms with Gasteiger partial charge in [0.1, 0.15) is 11.8 Å². The van der Waals surface area contributed by atoms with Crippen molar-refractivity contribution in [2.75, 3.05) is 42.6 Å². The first-order chi connectivity index (χ1) is 14.0. The standard InChI is InChI=1S/C20H27F2N3O5/c1-5-29-13-8-23(9-13)17-15(21)6-12(7-16(17)22)24-10-14(30-19(24)28)11-25(18(26)27)20(2,3)4/h6-7,13-14H,5,8-11H2,1-4H3,(H,26,27)/t14-/m0/s1. The van der Waals surface area contributed by atoms with Gasteiger partial charge in [-0.15, -0.1) is 0 Å². The van der Waals surface area contributed by atoms with Gasteiger partial charge in [0.2, 0.25) is 0 Å². The zero-order chi connectivity index (χ0) is 22.2. The Balaban J connectivity index is 1.72. The van der Waals surface area contributed by atoms with Crippen LogP contribution in [0, 0.1) is 11.6 Å². The second-order valence-corrected chi connectivity index (χ2v) is 8.42. The van der Waals surface area contributed by atoms with Gasteiger partial charge in [0, 0.05) is 37.4 Å². The molecular formula is C20H27F2N3O5. The molecule has 8 nitrogen and oxygen atoms in total. The number of anilines is 2. The number of carbonyl (C=O) groups is 2. The molecule has 1 aromatic rings. The van der Waals surface area contributed by atoms with Crippen LogP contribution in [-0.2, 0) is 9.47 Å². The summed E-state index contributed by atoms with van der Waals surface area (Å²) in [5.41, 5.74) is -0.813. The molecule has 2 aliphatic heterocycles. The normalized spacial score (nSPS) is 19.7. The van der Waals surface area contributed by atoms with Crippen molar-refractivity contribution < 1.29 is 33.0 Å². The Bertz CT molecular complexity index is 800. The van der Waals surface area contributed by atoms with Crippen molar-refractivity contribution in [3.05, 3.63) is 23.8 Å². The second-order valence-electron chi connectivity index (χ2n) is 8.42. The van der Waals surface area contributed by atoms with E-state index in [9.17, 15) is 23.5 Å². The maximum absolute atomic E-state index is 14.7. The number of benzene rings is 1. The lowest BCUT2D eigenvalue weighted by atomic mass is 10.1. The van der Waals surface area contributed by atoms with Gasteiger partial charge >= 0.3 is 12.2 Å². The number of cyclic esters (lactones) is 1. The number of rotatable bonds is 6. The Morgan fingerprint density at radius 3 is 2.37 bits per heavy atom. The number of carbonyl (C=O) groups excluding carboxylic acids is 1. The summed E-state index contributed by atoms with van der Waals surface area (Å²) >= 11 is 0. The highest BCUT2D eigenvalue weighted by atomic mass is 19.1. The minimum atomic E-state index is -1.14.